The molecule has 0 atom stereocenters. The van der Waals surface area contributed by atoms with E-state index in [2.05, 4.69) is 71.6 Å². The predicted molar refractivity (Wildman–Crippen MR) is 93.5 cm³/mol. The van der Waals surface area contributed by atoms with E-state index in [0.29, 0.717) is 17.6 Å². The lowest BCUT2D eigenvalue weighted by Gasteiger charge is -2.11. The lowest BCUT2D eigenvalue weighted by Crippen LogP contribution is -2.05. The maximum absolute atomic E-state index is 5.98. The monoisotopic (exact) mass is 461 g/mol. The molecule has 0 aliphatic heterocycles. The van der Waals surface area contributed by atoms with Crippen molar-refractivity contribution in [2.75, 3.05) is 5.73 Å². The number of halogens is 3. The van der Waals surface area contributed by atoms with E-state index in [0.717, 1.165) is 31.1 Å². The van der Waals surface area contributed by atoms with Crippen LogP contribution in [0.15, 0.2) is 31.6 Å². The minimum Gasteiger partial charge on any atom is -0.383 e. The number of nitrogen functional groups attached to an aromatic ring is 1. The molecule has 2 aromatic rings. The van der Waals surface area contributed by atoms with Crippen LogP contribution in [0, 0.1) is 5.92 Å². The first kappa shape index (κ1) is 15.9. The first-order chi connectivity index (χ1) is 9.38. The summed E-state index contributed by atoms with van der Waals surface area (Å²) in [7, 11) is 0. The molecule has 0 amide bonds. The number of anilines is 1. The molecule has 3 nitrogen and oxygen atoms in total. The predicted octanol–water partition coefficient (Wildman–Crippen LogP) is 5.21. The summed E-state index contributed by atoms with van der Waals surface area (Å²) in [5.74, 6) is 1.63. The van der Waals surface area contributed by atoms with Gasteiger partial charge in [-0.2, -0.15) is 0 Å². The fourth-order valence-corrected chi connectivity index (χ4v) is 2.76. The summed E-state index contributed by atoms with van der Waals surface area (Å²) in [5, 5.41) is 0. The number of rotatable bonds is 3. The van der Waals surface area contributed by atoms with Gasteiger partial charge in [0.25, 0.3) is 0 Å². The van der Waals surface area contributed by atoms with Crippen molar-refractivity contribution < 1.29 is 0 Å². The molecule has 2 rings (SSSR count). The van der Waals surface area contributed by atoms with Crippen LogP contribution >= 0.6 is 47.8 Å². The maximum atomic E-state index is 5.98. The van der Waals surface area contributed by atoms with Gasteiger partial charge in [-0.1, -0.05) is 13.8 Å². The Kier molecular flexibility index (Phi) is 5.20. The Morgan fingerprint density at radius 2 is 1.80 bits per heavy atom. The molecule has 0 saturated heterocycles. The van der Waals surface area contributed by atoms with Gasteiger partial charge in [-0.25, -0.2) is 9.97 Å². The quantitative estimate of drug-likeness (QED) is 0.679. The largest absolute Gasteiger partial charge is 0.383 e. The third-order valence-corrected chi connectivity index (χ3v) is 5.47. The Hall–Kier alpha value is -0.460. The summed E-state index contributed by atoms with van der Waals surface area (Å²) in [6, 6.07) is 5.91. The van der Waals surface area contributed by atoms with Crippen LogP contribution < -0.4 is 5.73 Å². The number of hydrogen-bond donors (Lipinski definition) is 1. The highest BCUT2D eigenvalue weighted by atomic mass is 79.9. The van der Waals surface area contributed by atoms with Crippen molar-refractivity contribution in [1.82, 2.24) is 9.97 Å². The second-order valence-corrected chi connectivity index (χ2v) is 7.42. The summed E-state index contributed by atoms with van der Waals surface area (Å²) in [4.78, 5) is 9.01. The fourth-order valence-electron chi connectivity index (χ4n) is 1.80. The van der Waals surface area contributed by atoms with Crippen LogP contribution in [0.4, 0.5) is 5.82 Å². The fraction of sp³-hybridized carbons (Fsp3) is 0.286. The van der Waals surface area contributed by atoms with E-state index in [9.17, 15) is 0 Å². The zero-order valence-corrected chi connectivity index (χ0v) is 15.9. The minimum absolute atomic E-state index is 0.477. The zero-order chi connectivity index (χ0) is 14.9. The molecule has 0 fully saturated rings. The van der Waals surface area contributed by atoms with Gasteiger partial charge in [0.15, 0.2) is 5.82 Å². The summed E-state index contributed by atoms with van der Waals surface area (Å²) in [5.41, 5.74) is 7.86. The van der Waals surface area contributed by atoms with Crippen LogP contribution in [0.5, 0.6) is 0 Å². The molecule has 6 heteroatoms. The molecular formula is C14H14Br3N3. The average Bonchev–Trinajstić information content (AvgIpc) is 2.37. The van der Waals surface area contributed by atoms with E-state index >= 15 is 0 Å². The third-order valence-electron chi connectivity index (χ3n) is 2.72. The molecule has 0 saturated carbocycles. The van der Waals surface area contributed by atoms with Crippen LogP contribution in [0.3, 0.4) is 0 Å². The Bertz CT molecular complexity index is 642. The van der Waals surface area contributed by atoms with Crippen molar-refractivity contribution in [3.05, 3.63) is 37.3 Å². The van der Waals surface area contributed by atoms with Crippen molar-refractivity contribution in [2.45, 2.75) is 20.3 Å². The van der Waals surface area contributed by atoms with Crippen LogP contribution in [0.25, 0.3) is 11.4 Å². The number of aromatic nitrogens is 2. The first-order valence-corrected chi connectivity index (χ1v) is 8.53. The standard InChI is InChI=1S/C14H14Br3N3/c1-7(2)5-11-12(17)13(18)20-14(19-11)8-3-4-9(15)10(16)6-8/h3-4,6-7H,5H2,1-2H3,(H2,18,19,20). The molecule has 0 aliphatic rings. The molecule has 2 N–H and O–H groups in total. The van der Waals surface area contributed by atoms with Gasteiger partial charge >= 0.3 is 0 Å². The molecule has 106 valence electrons. The van der Waals surface area contributed by atoms with Crippen molar-refractivity contribution >= 4 is 53.6 Å². The van der Waals surface area contributed by atoms with Crippen molar-refractivity contribution in [3.63, 3.8) is 0 Å². The molecular weight excluding hydrogens is 450 g/mol. The van der Waals surface area contributed by atoms with E-state index in [1.807, 2.05) is 18.2 Å². The van der Waals surface area contributed by atoms with E-state index in [1.165, 1.54) is 0 Å². The Balaban J connectivity index is 2.51. The second-order valence-electron chi connectivity index (χ2n) is 4.92. The maximum Gasteiger partial charge on any atom is 0.161 e. The molecule has 0 bridgehead atoms. The van der Waals surface area contributed by atoms with Crippen molar-refractivity contribution in [2.24, 2.45) is 5.92 Å². The molecule has 0 radical (unpaired) electrons. The normalized spacial score (nSPS) is 11.1. The Morgan fingerprint density at radius 1 is 1.10 bits per heavy atom. The van der Waals surface area contributed by atoms with Crippen molar-refractivity contribution in [3.8, 4) is 11.4 Å². The summed E-state index contributed by atoms with van der Waals surface area (Å²) < 4.78 is 2.75. The van der Waals surface area contributed by atoms with Gasteiger partial charge in [-0.3, -0.25) is 0 Å². The summed E-state index contributed by atoms with van der Waals surface area (Å²) in [6.07, 6.45) is 0.859. The van der Waals surface area contributed by atoms with Crippen LogP contribution in [-0.4, -0.2) is 9.97 Å². The topological polar surface area (TPSA) is 51.8 Å². The number of benzene rings is 1. The van der Waals surface area contributed by atoms with Crippen LogP contribution in [0.2, 0.25) is 0 Å². The molecule has 0 spiro atoms. The van der Waals surface area contributed by atoms with Gasteiger partial charge in [0, 0.05) is 14.5 Å². The highest BCUT2D eigenvalue weighted by Crippen LogP contribution is 2.30. The van der Waals surface area contributed by atoms with E-state index < -0.39 is 0 Å². The molecule has 1 aromatic heterocycles. The highest BCUT2D eigenvalue weighted by molar-refractivity contribution is 9.13. The van der Waals surface area contributed by atoms with Gasteiger partial charge in [-0.05, 0) is 78.3 Å². The van der Waals surface area contributed by atoms with Gasteiger partial charge in [0.1, 0.15) is 5.82 Å². The summed E-state index contributed by atoms with van der Waals surface area (Å²) >= 11 is 10.4. The zero-order valence-electron chi connectivity index (χ0n) is 11.1. The lowest BCUT2D eigenvalue weighted by atomic mass is 10.1. The van der Waals surface area contributed by atoms with Gasteiger partial charge in [-0.15, -0.1) is 0 Å². The van der Waals surface area contributed by atoms with Gasteiger partial charge in [0.2, 0.25) is 0 Å². The molecule has 1 heterocycles. The van der Waals surface area contributed by atoms with Gasteiger partial charge < -0.3 is 5.73 Å². The van der Waals surface area contributed by atoms with E-state index in [-0.39, 0.29) is 0 Å². The summed E-state index contributed by atoms with van der Waals surface area (Å²) in [6.45, 7) is 4.31. The molecule has 0 aliphatic carbocycles. The SMILES string of the molecule is CC(C)Cc1nc(-c2ccc(Br)c(Br)c2)nc(N)c1Br. The highest BCUT2D eigenvalue weighted by Gasteiger charge is 2.13. The number of nitrogens with two attached hydrogens (primary N) is 1. The lowest BCUT2D eigenvalue weighted by molar-refractivity contribution is 0.633. The number of nitrogens with zero attached hydrogens (tertiary/aromatic N) is 2. The Morgan fingerprint density at radius 3 is 2.40 bits per heavy atom. The Labute approximate surface area is 143 Å². The molecule has 20 heavy (non-hydrogen) atoms. The van der Waals surface area contributed by atoms with Crippen LogP contribution in [-0.2, 0) is 6.42 Å². The van der Waals surface area contributed by atoms with Crippen LogP contribution in [0.1, 0.15) is 19.5 Å². The minimum atomic E-state index is 0.477. The molecule has 0 unspecified atom stereocenters. The third kappa shape index (κ3) is 3.59. The average molecular weight is 464 g/mol. The number of hydrogen-bond acceptors (Lipinski definition) is 3. The smallest absolute Gasteiger partial charge is 0.161 e. The molecule has 1 aromatic carbocycles. The van der Waals surface area contributed by atoms with E-state index in [4.69, 9.17) is 5.73 Å². The van der Waals surface area contributed by atoms with Gasteiger partial charge in [0.05, 0.1) is 10.2 Å². The first-order valence-electron chi connectivity index (χ1n) is 6.15. The second kappa shape index (κ2) is 6.54. The van der Waals surface area contributed by atoms with E-state index in [1.54, 1.807) is 0 Å². The van der Waals surface area contributed by atoms with Crippen molar-refractivity contribution in [1.29, 1.82) is 0 Å².